The van der Waals surface area contributed by atoms with Gasteiger partial charge in [0, 0.05) is 11.6 Å². The van der Waals surface area contributed by atoms with Gasteiger partial charge in [-0.2, -0.15) is 9.30 Å². The van der Waals surface area contributed by atoms with E-state index in [1.165, 1.54) is 39.9 Å². The summed E-state index contributed by atoms with van der Waals surface area (Å²) in [5, 5.41) is 0.445. The largest absolute Gasteiger partial charge is 0.305 e. The first kappa shape index (κ1) is 20.8. The van der Waals surface area contributed by atoms with Gasteiger partial charge in [0.25, 0.3) is 5.91 Å². The standard InChI is InChI=1S/C21H18ClN3O3S2/c1-2-13-24-17-6-3-4-8-19(17)29-21(24)23-20(26)18-7-5-14-25(18)30(27,28)16-11-9-15(22)10-12-16/h1,3-4,6,8-12,18H,5,7,13-14H2. The van der Waals surface area contributed by atoms with Crippen LogP contribution in [0.3, 0.4) is 0 Å². The number of hydrogen-bond donors (Lipinski definition) is 0. The lowest BCUT2D eigenvalue weighted by Crippen LogP contribution is -2.40. The maximum absolute atomic E-state index is 13.1. The first-order valence-electron chi connectivity index (χ1n) is 9.29. The number of thiazole rings is 1. The molecule has 0 aliphatic carbocycles. The SMILES string of the molecule is C#CCn1c(=NC(=O)C2CCCN2S(=O)(=O)c2ccc(Cl)cc2)sc2ccccc21. The molecule has 4 rings (SSSR count). The summed E-state index contributed by atoms with van der Waals surface area (Å²) in [5.41, 5.74) is 0.893. The average molecular weight is 460 g/mol. The molecule has 6 nitrogen and oxygen atoms in total. The minimum Gasteiger partial charge on any atom is -0.305 e. The van der Waals surface area contributed by atoms with Gasteiger partial charge in [0.2, 0.25) is 10.0 Å². The summed E-state index contributed by atoms with van der Waals surface area (Å²) in [7, 11) is -3.83. The summed E-state index contributed by atoms with van der Waals surface area (Å²) < 4.78 is 30.2. The number of nitrogens with zero attached hydrogens (tertiary/aromatic N) is 3. The van der Waals surface area contributed by atoms with Crippen LogP contribution in [0.2, 0.25) is 5.02 Å². The second kappa shape index (κ2) is 8.36. The number of benzene rings is 2. The maximum Gasteiger partial charge on any atom is 0.266 e. The van der Waals surface area contributed by atoms with Gasteiger partial charge in [-0.3, -0.25) is 4.79 Å². The van der Waals surface area contributed by atoms with Gasteiger partial charge in [-0.05, 0) is 49.2 Å². The van der Waals surface area contributed by atoms with Crippen molar-refractivity contribution in [3.63, 3.8) is 0 Å². The fourth-order valence-corrected chi connectivity index (χ4v) is 6.35. The molecule has 0 radical (unpaired) electrons. The van der Waals surface area contributed by atoms with E-state index in [0.29, 0.717) is 22.7 Å². The molecule has 0 N–H and O–H groups in total. The van der Waals surface area contributed by atoms with Crippen molar-refractivity contribution in [3.05, 3.63) is 58.4 Å². The second-order valence-corrected chi connectivity index (χ2v) is 10.2. The Morgan fingerprint density at radius 1 is 1.23 bits per heavy atom. The van der Waals surface area contributed by atoms with Crippen LogP contribution in [0.5, 0.6) is 0 Å². The van der Waals surface area contributed by atoms with Gasteiger partial charge in [-0.25, -0.2) is 8.42 Å². The van der Waals surface area contributed by atoms with Crippen LogP contribution in [0, 0.1) is 12.3 Å². The number of sulfonamides is 1. The van der Waals surface area contributed by atoms with Gasteiger partial charge < -0.3 is 4.57 Å². The Morgan fingerprint density at radius 2 is 1.97 bits per heavy atom. The fraction of sp³-hybridized carbons (Fsp3) is 0.238. The summed E-state index contributed by atoms with van der Waals surface area (Å²) in [6.45, 7) is 0.543. The first-order valence-corrected chi connectivity index (χ1v) is 11.9. The summed E-state index contributed by atoms with van der Waals surface area (Å²) in [6.07, 6.45) is 6.52. The quantitative estimate of drug-likeness (QED) is 0.562. The highest BCUT2D eigenvalue weighted by Gasteiger charge is 2.39. The molecule has 30 heavy (non-hydrogen) atoms. The van der Waals surface area contributed by atoms with E-state index in [2.05, 4.69) is 10.9 Å². The highest BCUT2D eigenvalue weighted by molar-refractivity contribution is 7.89. The Labute approximate surface area is 183 Å². The third kappa shape index (κ3) is 3.82. The molecule has 154 valence electrons. The fourth-order valence-electron chi connectivity index (χ4n) is 3.54. The molecule has 1 unspecified atom stereocenters. The number of halogens is 1. The number of carbonyl (C=O) groups excluding carboxylic acids is 1. The van der Waals surface area contributed by atoms with Crippen LogP contribution in [0.15, 0.2) is 58.4 Å². The van der Waals surface area contributed by atoms with Gasteiger partial charge in [0.15, 0.2) is 4.80 Å². The van der Waals surface area contributed by atoms with E-state index >= 15 is 0 Å². The Balaban J connectivity index is 1.71. The number of rotatable bonds is 4. The maximum atomic E-state index is 13.1. The molecule has 1 amide bonds. The molecule has 1 saturated heterocycles. The summed E-state index contributed by atoms with van der Waals surface area (Å²) in [4.78, 5) is 17.9. The predicted octanol–water partition coefficient (Wildman–Crippen LogP) is 3.27. The third-order valence-corrected chi connectivity index (χ3v) is 8.19. The number of aromatic nitrogens is 1. The van der Waals surface area contributed by atoms with E-state index in [1.807, 2.05) is 24.3 Å². The molecule has 1 fully saturated rings. The monoisotopic (exact) mass is 459 g/mol. The van der Waals surface area contributed by atoms with Crippen LogP contribution in [0.1, 0.15) is 12.8 Å². The lowest BCUT2D eigenvalue weighted by Gasteiger charge is -2.21. The molecule has 3 aromatic rings. The lowest BCUT2D eigenvalue weighted by molar-refractivity contribution is -0.121. The normalized spacial score (nSPS) is 18.0. The van der Waals surface area contributed by atoms with E-state index in [-0.39, 0.29) is 18.0 Å². The Morgan fingerprint density at radius 3 is 2.70 bits per heavy atom. The summed E-state index contributed by atoms with van der Waals surface area (Å²) in [5.74, 6) is 2.10. The van der Waals surface area contributed by atoms with Gasteiger partial charge in [0.1, 0.15) is 6.04 Å². The molecular weight excluding hydrogens is 442 g/mol. The van der Waals surface area contributed by atoms with Crippen molar-refractivity contribution < 1.29 is 13.2 Å². The zero-order chi connectivity index (χ0) is 21.3. The van der Waals surface area contributed by atoms with E-state index in [0.717, 1.165) is 10.2 Å². The molecule has 2 heterocycles. The van der Waals surface area contributed by atoms with Gasteiger partial charge >= 0.3 is 0 Å². The van der Waals surface area contributed by atoms with E-state index in [9.17, 15) is 13.2 Å². The zero-order valence-electron chi connectivity index (χ0n) is 15.9. The zero-order valence-corrected chi connectivity index (χ0v) is 18.3. The van der Waals surface area contributed by atoms with Crippen molar-refractivity contribution in [2.24, 2.45) is 4.99 Å². The second-order valence-electron chi connectivity index (χ2n) is 6.82. The molecule has 0 bridgehead atoms. The van der Waals surface area contributed by atoms with Crippen molar-refractivity contribution in [3.8, 4) is 12.3 Å². The molecular formula is C21H18ClN3O3S2. The number of terminal acetylenes is 1. The number of amides is 1. The van der Waals surface area contributed by atoms with Crippen molar-refractivity contribution in [1.29, 1.82) is 0 Å². The van der Waals surface area contributed by atoms with E-state index in [1.54, 1.807) is 4.57 Å². The Hall–Kier alpha value is -2.44. The van der Waals surface area contributed by atoms with Crippen LogP contribution in [-0.4, -0.2) is 35.8 Å². The minimum absolute atomic E-state index is 0.107. The lowest BCUT2D eigenvalue weighted by atomic mass is 10.2. The summed E-state index contributed by atoms with van der Waals surface area (Å²) >= 11 is 7.23. The molecule has 1 aliphatic rings. The van der Waals surface area contributed by atoms with Crippen LogP contribution in [-0.2, 0) is 21.4 Å². The first-order chi connectivity index (χ1) is 14.4. The number of fused-ring (bicyclic) bond motifs is 1. The molecule has 0 saturated carbocycles. The van der Waals surface area contributed by atoms with Crippen LogP contribution >= 0.6 is 22.9 Å². The van der Waals surface area contributed by atoms with Gasteiger partial charge in [-0.15, -0.1) is 6.42 Å². The molecule has 1 atom stereocenters. The highest BCUT2D eigenvalue weighted by atomic mass is 35.5. The van der Waals surface area contributed by atoms with E-state index in [4.69, 9.17) is 18.0 Å². The van der Waals surface area contributed by atoms with Gasteiger partial charge in [0.05, 0.1) is 21.7 Å². The average Bonchev–Trinajstić information content (AvgIpc) is 3.35. The molecule has 0 spiro atoms. The predicted molar refractivity (Wildman–Crippen MR) is 118 cm³/mol. The number of hydrogen-bond acceptors (Lipinski definition) is 4. The molecule has 9 heteroatoms. The van der Waals surface area contributed by atoms with Crippen LogP contribution in [0.4, 0.5) is 0 Å². The highest BCUT2D eigenvalue weighted by Crippen LogP contribution is 2.27. The number of carbonyl (C=O) groups is 1. The van der Waals surface area contributed by atoms with Gasteiger partial charge in [-0.1, -0.05) is 41.0 Å². The van der Waals surface area contributed by atoms with E-state index < -0.39 is 22.0 Å². The van der Waals surface area contributed by atoms with Crippen molar-refractivity contribution in [2.75, 3.05) is 6.54 Å². The molecule has 1 aliphatic heterocycles. The van der Waals surface area contributed by atoms with Crippen molar-refractivity contribution in [1.82, 2.24) is 8.87 Å². The van der Waals surface area contributed by atoms with Crippen molar-refractivity contribution >= 4 is 49.1 Å². The van der Waals surface area contributed by atoms with Crippen molar-refractivity contribution in [2.45, 2.75) is 30.3 Å². The Bertz CT molecular complexity index is 1320. The van der Waals surface area contributed by atoms with Crippen LogP contribution in [0.25, 0.3) is 10.2 Å². The smallest absolute Gasteiger partial charge is 0.266 e. The molecule has 2 aromatic carbocycles. The topological polar surface area (TPSA) is 71.7 Å². The molecule has 1 aromatic heterocycles. The number of para-hydroxylation sites is 1. The summed E-state index contributed by atoms with van der Waals surface area (Å²) in [6, 6.07) is 12.7. The third-order valence-electron chi connectivity index (χ3n) is 4.95. The Kier molecular flexibility index (Phi) is 5.80. The minimum atomic E-state index is -3.83. The van der Waals surface area contributed by atoms with Crippen LogP contribution < -0.4 is 4.80 Å².